The highest BCUT2D eigenvalue weighted by Gasteiger charge is 2.79. The van der Waals surface area contributed by atoms with Gasteiger partial charge in [0, 0.05) is 25.3 Å². The van der Waals surface area contributed by atoms with Crippen molar-refractivity contribution in [2.45, 2.75) is 30.7 Å². The number of likely N-dealkylation sites (tertiary alicyclic amines) is 1. The molecule has 0 spiro atoms. The van der Waals surface area contributed by atoms with Crippen LogP contribution in [0.15, 0.2) is 0 Å². The molecule has 15 heavy (non-hydrogen) atoms. The van der Waals surface area contributed by atoms with Gasteiger partial charge in [-0.15, -0.1) is 11.6 Å². The van der Waals surface area contributed by atoms with Crippen LogP contribution in [0.5, 0.6) is 0 Å². The van der Waals surface area contributed by atoms with E-state index in [2.05, 4.69) is 0 Å². The predicted molar refractivity (Wildman–Crippen MR) is 53.3 cm³/mol. The van der Waals surface area contributed by atoms with E-state index in [-0.39, 0.29) is 17.6 Å². The number of alkyl halides is 3. The normalized spacial score (nSPS) is 45.3. The van der Waals surface area contributed by atoms with Crippen LogP contribution in [-0.2, 0) is 4.79 Å². The van der Waals surface area contributed by atoms with Gasteiger partial charge in [0.25, 0.3) is 5.92 Å². The molecule has 0 N–H and O–H groups in total. The molecule has 4 atom stereocenters. The highest BCUT2D eigenvalue weighted by molar-refractivity contribution is 6.28. The Bertz CT molecular complexity index is 317. The first kappa shape index (κ1) is 11.3. The average Bonchev–Trinajstić information content (AvgIpc) is 2.53. The zero-order valence-electron chi connectivity index (χ0n) is 8.93. The Morgan fingerprint density at radius 2 is 2.13 bits per heavy atom. The van der Waals surface area contributed by atoms with Crippen LogP contribution >= 0.6 is 11.6 Å². The van der Waals surface area contributed by atoms with Crippen LogP contribution in [0.25, 0.3) is 0 Å². The van der Waals surface area contributed by atoms with E-state index in [9.17, 15) is 13.6 Å². The fourth-order valence-electron chi connectivity index (χ4n) is 3.03. The van der Waals surface area contributed by atoms with E-state index in [1.807, 2.05) is 4.90 Å². The van der Waals surface area contributed by atoms with E-state index in [0.717, 1.165) is 6.92 Å². The average molecular weight is 238 g/mol. The van der Waals surface area contributed by atoms with E-state index in [1.54, 1.807) is 7.05 Å². The number of piperidine rings is 1. The Morgan fingerprint density at radius 3 is 2.53 bits per heavy atom. The van der Waals surface area contributed by atoms with Gasteiger partial charge in [0.2, 0.25) is 0 Å². The van der Waals surface area contributed by atoms with Crippen LogP contribution in [0.4, 0.5) is 8.78 Å². The lowest BCUT2D eigenvalue weighted by atomic mass is 10.0. The van der Waals surface area contributed by atoms with Gasteiger partial charge >= 0.3 is 0 Å². The van der Waals surface area contributed by atoms with Gasteiger partial charge in [-0.05, 0) is 14.0 Å². The van der Waals surface area contributed by atoms with E-state index in [4.69, 9.17) is 11.6 Å². The monoisotopic (exact) mass is 237 g/mol. The van der Waals surface area contributed by atoms with E-state index < -0.39 is 16.8 Å². The number of hydrogen-bond donors (Lipinski definition) is 0. The molecule has 5 heteroatoms. The molecular weight excluding hydrogens is 224 g/mol. The lowest BCUT2D eigenvalue weighted by Gasteiger charge is -2.28. The number of Topliss-reactive ketones (excluding diaryl/α,β-unsaturated/α-hetero) is 1. The van der Waals surface area contributed by atoms with Gasteiger partial charge < -0.3 is 0 Å². The minimum atomic E-state index is -2.92. The summed E-state index contributed by atoms with van der Waals surface area (Å²) in [6.45, 7) is 2.77. The zero-order valence-corrected chi connectivity index (χ0v) is 9.68. The Labute approximate surface area is 92.6 Å². The molecule has 0 radical (unpaired) electrons. The summed E-state index contributed by atoms with van der Waals surface area (Å²) < 4.78 is 26.6. The van der Waals surface area contributed by atoms with Gasteiger partial charge in [-0.1, -0.05) is 0 Å². The molecule has 2 rings (SSSR count). The number of rotatable bonds is 2. The molecule has 86 valence electrons. The Morgan fingerprint density at radius 1 is 1.60 bits per heavy atom. The van der Waals surface area contributed by atoms with Crippen molar-refractivity contribution in [3.05, 3.63) is 0 Å². The highest BCUT2D eigenvalue weighted by Crippen LogP contribution is 2.68. The summed E-state index contributed by atoms with van der Waals surface area (Å²) in [5, 5.41) is 0. The van der Waals surface area contributed by atoms with Gasteiger partial charge in [-0.2, -0.15) is 0 Å². The maximum Gasteiger partial charge on any atom is 0.264 e. The molecule has 1 saturated carbocycles. The van der Waals surface area contributed by atoms with Crippen molar-refractivity contribution in [1.29, 1.82) is 0 Å². The molecule has 1 aliphatic carbocycles. The van der Waals surface area contributed by atoms with Crippen molar-refractivity contribution in [2.24, 2.45) is 11.8 Å². The Kier molecular flexibility index (Phi) is 2.19. The fraction of sp³-hybridized carbons (Fsp3) is 0.900. The summed E-state index contributed by atoms with van der Waals surface area (Å²) >= 11 is 5.96. The van der Waals surface area contributed by atoms with Crippen molar-refractivity contribution >= 4 is 17.4 Å². The number of halogens is 3. The van der Waals surface area contributed by atoms with E-state index >= 15 is 0 Å². The second kappa shape index (κ2) is 2.92. The second-order valence-corrected chi connectivity index (χ2v) is 5.41. The molecular formula is C10H14ClF2NO. The van der Waals surface area contributed by atoms with E-state index in [1.165, 1.54) is 6.92 Å². The van der Waals surface area contributed by atoms with Gasteiger partial charge in [-0.25, -0.2) is 8.78 Å². The predicted octanol–water partition coefficient (Wildman–Crippen LogP) is 1.77. The molecule has 2 fully saturated rings. The summed E-state index contributed by atoms with van der Waals surface area (Å²) in [6, 6.07) is -0.432. The molecule has 0 aromatic rings. The first-order valence-corrected chi connectivity index (χ1v) is 5.36. The number of hydrogen-bond acceptors (Lipinski definition) is 2. The molecule has 0 bridgehead atoms. The van der Waals surface area contributed by atoms with Crippen molar-refractivity contribution in [3.63, 3.8) is 0 Å². The number of likely N-dealkylation sites (N-methyl/N-ethyl adjacent to an activating group) is 1. The van der Waals surface area contributed by atoms with Crippen LogP contribution in [-0.4, -0.2) is 41.1 Å². The molecule has 0 aromatic carbocycles. The summed E-state index contributed by atoms with van der Waals surface area (Å²) in [7, 11) is 1.78. The SMILES string of the molecule is CC(=O)[C@@H]1[C@@H]2[C@H](CN1C)C2(Cl)C(C)(F)F. The molecule has 0 aromatic heterocycles. The lowest BCUT2D eigenvalue weighted by Crippen LogP contribution is -2.44. The number of carbonyl (C=O) groups is 1. The molecule has 0 amide bonds. The number of ketones is 1. The third-order valence-corrected chi connectivity index (χ3v) is 4.60. The molecule has 1 heterocycles. The minimum absolute atomic E-state index is 0.0724. The zero-order chi connectivity index (χ0) is 11.6. The summed E-state index contributed by atoms with van der Waals surface area (Å²) in [5.41, 5.74) is 0. The third kappa shape index (κ3) is 1.27. The molecule has 2 aliphatic rings. The fourth-order valence-corrected chi connectivity index (χ4v) is 3.44. The smallest absolute Gasteiger partial charge is 0.264 e. The second-order valence-electron chi connectivity index (χ2n) is 4.78. The Hall–Kier alpha value is -0.220. The number of nitrogens with zero attached hydrogens (tertiary/aromatic N) is 1. The molecule has 1 unspecified atom stereocenters. The highest BCUT2D eigenvalue weighted by atomic mass is 35.5. The van der Waals surface area contributed by atoms with Crippen molar-refractivity contribution in [1.82, 2.24) is 4.90 Å². The van der Waals surface area contributed by atoms with Crippen LogP contribution in [0.3, 0.4) is 0 Å². The summed E-state index contributed by atoms with van der Waals surface area (Å²) in [5.74, 6) is -3.63. The number of carbonyl (C=O) groups excluding carboxylic acids is 1. The summed E-state index contributed by atoms with van der Waals surface area (Å²) in [6.07, 6.45) is 0. The van der Waals surface area contributed by atoms with Gasteiger partial charge in [0.05, 0.1) is 6.04 Å². The van der Waals surface area contributed by atoms with Crippen molar-refractivity contribution in [3.8, 4) is 0 Å². The molecule has 1 saturated heterocycles. The molecule has 2 nitrogen and oxygen atoms in total. The maximum atomic E-state index is 13.3. The van der Waals surface area contributed by atoms with Crippen molar-refractivity contribution in [2.75, 3.05) is 13.6 Å². The van der Waals surface area contributed by atoms with Crippen LogP contribution in [0.1, 0.15) is 13.8 Å². The lowest BCUT2D eigenvalue weighted by molar-refractivity contribution is -0.122. The van der Waals surface area contributed by atoms with Gasteiger partial charge in [0.1, 0.15) is 10.7 Å². The topological polar surface area (TPSA) is 20.3 Å². The maximum absolute atomic E-state index is 13.3. The minimum Gasteiger partial charge on any atom is -0.298 e. The quantitative estimate of drug-likeness (QED) is 0.683. The largest absolute Gasteiger partial charge is 0.298 e. The van der Waals surface area contributed by atoms with Crippen LogP contribution < -0.4 is 0 Å². The third-order valence-electron chi connectivity index (χ3n) is 3.74. The number of fused-ring (bicyclic) bond motifs is 1. The van der Waals surface area contributed by atoms with Gasteiger partial charge in [-0.3, -0.25) is 9.69 Å². The summed E-state index contributed by atoms with van der Waals surface area (Å²) in [4.78, 5) is 11.7. The Balaban J connectivity index is 2.25. The standard InChI is InChI=1S/C10H14ClF2NO/c1-5(15)8-7-6(4-14(8)3)10(7,11)9(2,12)13/h6-8H,4H2,1-3H3/t6-,7-,8+,10?/m0/s1. The first-order valence-electron chi connectivity index (χ1n) is 4.98. The first-order chi connectivity index (χ1) is 6.71. The van der Waals surface area contributed by atoms with Gasteiger partial charge in [0.15, 0.2) is 0 Å². The van der Waals surface area contributed by atoms with Crippen molar-refractivity contribution < 1.29 is 13.6 Å². The molecule has 1 aliphatic heterocycles. The van der Waals surface area contributed by atoms with Crippen LogP contribution in [0.2, 0.25) is 0 Å². The van der Waals surface area contributed by atoms with Crippen LogP contribution in [0, 0.1) is 11.8 Å². The van der Waals surface area contributed by atoms with E-state index in [0.29, 0.717) is 6.54 Å².